The van der Waals surface area contributed by atoms with Gasteiger partial charge < -0.3 is 14.5 Å². The van der Waals surface area contributed by atoms with Crippen molar-refractivity contribution in [2.45, 2.75) is 0 Å². The Balaban J connectivity index is 1.54. The van der Waals surface area contributed by atoms with Gasteiger partial charge in [0.05, 0.1) is 12.7 Å². The Labute approximate surface area is 152 Å². The summed E-state index contributed by atoms with van der Waals surface area (Å²) in [5.74, 6) is -0.375. The first-order valence-corrected chi connectivity index (χ1v) is 8.48. The van der Waals surface area contributed by atoms with Crippen LogP contribution < -0.4 is 4.90 Å². The van der Waals surface area contributed by atoms with E-state index >= 15 is 0 Å². The normalized spacial score (nSPS) is 14.5. The lowest BCUT2D eigenvalue weighted by molar-refractivity contribution is -0.126. The van der Waals surface area contributed by atoms with Crippen LogP contribution in [0.3, 0.4) is 0 Å². The van der Waals surface area contributed by atoms with Crippen LogP contribution in [0.5, 0.6) is 0 Å². The molecular formula is C20H21N3O3. The molecule has 134 valence electrons. The van der Waals surface area contributed by atoms with Gasteiger partial charge in [0.15, 0.2) is 0 Å². The molecule has 6 nitrogen and oxygen atoms in total. The van der Waals surface area contributed by atoms with Gasteiger partial charge in [0, 0.05) is 50.3 Å². The molecule has 6 heteroatoms. The van der Waals surface area contributed by atoms with E-state index in [0.717, 1.165) is 24.3 Å². The topological polar surface area (TPSA) is 62.7 Å². The molecule has 1 aliphatic heterocycles. The van der Waals surface area contributed by atoms with E-state index in [1.54, 1.807) is 48.8 Å². The van der Waals surface area contributed by atoms with Gasteiger partial charge in [0.25, 0.3) is 0 Å². The standard InChI is InChI=1S/C20H21N3O3/c1-26-20(25)17-5-2-16(3-6-17)4-7-19(24)23-14-12-22(13-15-23)18-8-10-21-11-9-18/h2-11H,12-15H2,1H3/b7-4+. The van der Waals surface area contributed by atoms with Crippen molar-refractivity contribution in [3.63, 3.8) is 0 Å². The van der Waals surface area contributed by atoms with Gasteiger partial charge in [-0.15, -0.1) is 0 Å². The van der Waals surface area contributed by atoms with E-state index in [1.165, 1.54) is 7.11 Å². The summed E-state index contributed by atoms with van der Waals surface area (Å²) in [5.41, 5.74) is 2.48. The molecule has 1 saturated heterocycles. The van der Waals surface area contributed by atoms with E-state index in [-0.39, 0.29) is 11.9 Å². The summed E-state index contributed by atoms with van der Waals surface area (Å²) in [6.45, 7) is 2.98. The molecule has 0 unspecified atom stereocenters. The van der Waals surface area contributed by atoms with E-state index < -0.39 is 0 Å². The van der Waals surface area contributed by atoms with E-state index in [2.05, 4.69) is 14.6 Å². The third-order valence-corrected chi connectivity index (χ3v) is 4.37. The highest BCUT2D eigenvalue weighted by Gasteiger charge is 2.19. The number of carbonyl (C=O) groups is 2. The van der Waals surface area contributed by atoms with E-state index in [0.29, 0.717) is 18.7 Å². The van der Waals surface area contributed by atoms with Crippen LogP contribution in [0, 0.1) is 0 Å². The second-order valence-electron chi connectivity index (χ2n) is 5.96. The molecular weight excluding hydrogens is 330 g/mol. The molecule has 3 rings (SSSR count). The molecule has 1 amide bonds. The van der Waals surface area contributed by atoms with Crippen molar-refractivity contribution in [2.24, 2.45) is 0 Å². The third-order valence-electron chi connectivity index (χ3n) is 4.37. The molecule has 2 aromatic rings. The molecule has 0 bridgehead atoms. The highest BCUT2D eigenvalue weighted by molar-refractivity contribution is 5.92. The van der Waals surface area contributed by atoms with Crippen molar-refractivity contribution < 1.29 is 14.3 Å². The van der Waals surface area contributed by atoms with E-state index in [1.807, 2.05) is 17.0 Å². The predicted octanol–water partition coefficient (Wildman–Crippen LogP) is 2.23. The van der Waals surface area contributed by atoms with Gasteiger partial charge in [-0.3, -0.25) is 9.78 Å². The van der Waals surface area contributed by atoms with Gasteiger partial charge >= 0.3 is 5.97 Å². The number of hydrogen-bond acceptors (Lipinski definition) is 5. The number of aromatic nitrogens is 1. The van der Waals surface area contributed by atoms with Crippen LogP contribution >= 0.6 is 0 Å². The van der Waals surface area contributed by atoms with Crippen LogP contribution in [0.1, 0.15) is 15.9 Å². The Morgan fingerprint density at radius 1 is 1.00 bits per heavy atom. The molecule has 1 aromatic carbocycles. The van der Waals surface area contributed by atoms with Crippen molar-refractivity contribution >= 4 is 23.6 Å². The number of carbonyl (C=O) groups excluding carboxylic acids is 2. The van der Waals surface area contributed by atoms with Gasteiger partial charge in [0.1, 0.15) is 0 Å². The first-order chi connectivity index (χ1) is 12.7. The summed E-state index contributed by atoms with van der Waals surface area (Å²) in [6, 6.07) is 10.9. The average molecular weight is 351 g/mol. The number of amides is 1. The number of esters is 1. The second-order valence-corrected chi connectivity index (χ2v) is 5.96. The zero-order valence-electron chi connectivity index (χ0n) is 14.7. The fraction of sp³-hybridized carbons (Fsp3) is 0.250. The lowest BCUT2D eigenvalue weighted by atomic mass is 10.1. The number of benzene rings is 1. The fourth-order valence-electron chi connectivity index (χ4n) is 2.86. The van der Waals surface area contributed by atoms with Crippen molar-refractivity contribution in [1.82, 2.24) is 9.88 Å². The molecule has 1 aromatic heterocycles. The molecule has 2 heterocycles. The summed E-state index contributed by atoms with van der Waals surface area (Å²) in [4.78, 5) is 31.9. The van der Waals surface area contributed by atoms with Crippen molar-refractivity contribution in [3.05, 3.63) is 66.0 Å². The maximum atomic E-state index is 12.4. The number of anilines is 1. The first kappa shape index (κ1) is 17.7. The zero-order valence-corrected chi connectivity index (χ0v) is 14.7. The monoisotopic (exact) mass is 351 g/mol. The number of ether oxygens (including phenoxy) is 1. The molecule has 0 N–H and O–H groups in total. The second kappa shape index (κ2) is 8.29. The number of pyridine rings is 1. The molecule has 0 aliphatic carbocycles. The summed E-state index contributed by atoms with van der Waals surface area (Å²) in [5, 5.41) is 0. The molecule has 0 saturated carbocycles. The highest BCUT2D eigenvalue weighted by Crippen LogP contribution is 2.15. The average Bonchev–Trinajstić information content (AvgIpc) is 2.72. The SMILES string of the molecule is COC(=O)c1ccc(/C=C/C(=O)N2CCN(c3ccncc3)CC2)cc1. The number of nitrogens with zero attached hydrogens (tertiary/aromatic N) is 3. The minimum absolute atomic E-state index is 0.00331. The van der Waals surface area contributed by atoms with Gasteiger partial charge in [-0.2, -0.15) is 0 Å². The highest BCUT2D eigenvalue weighted by atomic mass is 16.5. The Morgan fingerprint density at radius 2 is 1.65 bits per heavy atom. The zero-order chi connectivity index (χ0) is 18.4. The number of piperazine rings is 1. The summed E-state index contributed by atoms with van der Waals surface area (Å²) in [7, 11) is 1.35. The lowest BCUT2D eigenvalue weighted by Crippen LogP contribution is -2.48. The predicted molar refractivity (Wildman–Crippen MR) is 99.8 cm³/mol. The minimum atomic E-state index is -0.372. The van der Waals surface area contributed by atoms with Crippen molar-refractivity contribution in [3.8, 4) is 0 Å². The summed E-state index contributed by atoms with van der Waals surface area (Å²) >= 11 is 0. The largest absolute Gasteiger partial charge is 0.465 e. The van der Waals surface area contributed by atoms with Crippen LogP contribution in [0.2, 0.25) is 0 Å². The Hall–Kier alpha value is -3.15. The smallest absolute Gasteiger partial charge is 0.337 e. The first-order valence-electron chi connectivity index (χ1n) is 8.48. The number of hydrogen-bond donors (Lipinski definition) is 0. The maximum absolute atomic E-state index is 12.4. The molecule has 0 radical (unpaired) electrons. The van der Waals surface area contributed by atoms with Gasteiger partial charge in [0.2, 0.25) is 5.91 Å². The Bertz CT molecular complexity index is 780. The number of rotatable bonds is 4. The fourth-order valence-corrected chi connectivity index (χ4v) is 2.86. The van der Waals surface area contributed by atoms with Crippen molar-refractivity contribution in [2.75, 3.05) is 38.2 Å². The molecule has 0 atom stereocenters. The Morgan fingerprint density at radius 3 is 2.27 bits per heavy atom. The van der Waals surface area contributed by atoms with Gasteiger partial charge in [-0.25, -0.2) is 4.79 Å². The minimum Gasteiger partial charge on any atom is -0.465 e. The third kappa shape index (κ3) is 4.27. The number of methoxy groups -OCH3 is 1. The lowest BCUT2D eigenvalue weighted by Gasteiger charge is -2.35. The Kier molecular flexibility index (Phi) is 5.63. The molecule has 1 fully saturated rings. The van der Waals surface area contributed by atoms with Crippen molar-refractivity contribution in [1.29, 1.82) is 0 Å². The van der Waals surface area contributed by atoms with Gasteiger partial charge in [-0.05, 0) is 35.9 Å². The molecule has 1 aliphatic rings. The van der Waals surface area contributed by atoms with Crippen LogP contribution in [-0.4, -0.2) is 55.0 Å². The van der Waals surface area contributed by atoms with Crippen LogP contribution in [-0.2, 0) is 9.53 Å². The van der Waals surface area contributed by atoms with E-state index in [9.17, 15) is 9.59 Å². The van der Waals surface area contributed by atoms with Crippen LogP contribution in [0.25, 0.3) is 6.08 Å². The summed E-state index contributed by atoms with van der Waals surface area (Å²) in [6.07, 6.45) is 6.90. The molecule has 0 spiro atoms. The quantitative estimate of drug-likeness (QED) is 0.624. The molecule has 26 heavy (non-hydrogen) atoms. The van der Waals surface area contributed by atoms with Crippen LogP contribution in [0.15, 0.2) is 54.9 Å². The van der Waals surface area contributed by atoms with Crippen LogP contribution in [0.4, 0.5) is 5.69 Å². The summed E-state index contributed by atoms with van der Waals surface area (Å²) < 4.78 is 4.67. The van der Waals surface area contributed by atoms with E-state index in [4.69, 9.17) is 0 Å². The maximum Gasteiger partial charge on any atom is 0.337 e. The van der Waals surface area contributed by atoms with Gasteiger partial charge in [-0.1, -0.05) is 12.1 Å².